The third kappa shape index (κ3) is 2.59. The van der Waals surface area contributed by atoms with Crippen LogP contribution >= 0.6 is 0 Å². The lowest BCUT2D eigenvalue weighted by Gasteiger charge is -2.24. The first kappa shape index (κ1) is 11.8. The first-order valence-electron chi connectivity index (χ1n) is 5.63. The molecule has 1 aromatic carbocycles. The standard InChI is InChI=1S/C14H19N/c1-4-14(5-2,11-15)10-13-9-7-6-8-12(13)3/h6-9H,4-5,10H2,1-3H3. The number of aryl methyl sites for hydroxylation is 1. The van der Waals surface area contributed by atoms with Crippen molar-refractivity contribution in [3.8, 4) is 6.07 Å². The average Bonchev–Trinajstić information content (AvgIpc) is 2.29. The summed E-state index contributed by atoms with van der Waals surface area (Å²) >= 11 is 0. The van der Waals surface area contributed by atoms with E-state index >= 15 is 0 Å². The lowest BCUT2D eigenvalue weighted by atomic mass is 9.77. The van der Waals surface area contributed by atoms with Gasteiger partial charge in [-0.2, -0.15) is 5.26 Å². The molecule has 0 aliphatic carbocycles. The van der Waals surface area contributed by atoms with E-state index in [1.165, 1.54) is 11.1 Å². The van der Waals surface area contributed by atoms with Gasteiger partial charge >= 0.3 is 0 Å². The zero-order valence-corrected chi connectivity index (χ0v) is 9.88. The Hall–Kier alpha value is -1.29. The van der Waals surface area contributed by atoms with E-state index in [9.17, 15) is 5.26 Å². The van der Waals surface area contributed by atoms with Gasteiger partial charge in [-0.3, -0.25) is 0 Å². The largest absolute Gasteiger partial charge is 0.198 e. The first-order chi connectivity index (χ1) is 7.17. The summed E-state index contributed by atoms with van der Waals surface area (Å²) in [5.41, 5.74) is 2.42. The van der Waals surface area contributed by atoms with E-state index in [2.05, 4.69) is 45.0 Å². The predicted octanol–water partition coefficient (Wildman–Crippen LogP) is 3.87. The molecule has 0 fully saturated rings. The van der Waals surface area contributed by atoms with Crippen LogP contribution in [0.25, 0.3) is 0 Å². The van der Waals surface area contributed by atoms with Crippen molar-refractivity contribution in [2.24, 2.45) is 5.41 Å². The van der Waals surface area contributed by atoms with Crippen LogP contribution in [0.3, 0.4) is 0 Å². The second kappa shape index (κ2) is 4.98. The van der Waals surface area contributed by atoms with Crippen LogP contribution < -0.4 is 0 Å². The molecule has 0 aromatic heterocycles. The fraction of sp³-hybridized carbons (Fsp3) is 0.500. The van der Waals surface area contributed by atoms with Gasteiger partial charge in [0.2, 0.25) is 0 Å². The third-order valence-corrected chi connectivity index (χ3v) is 3.38. The molecule has 1 nitrogen and oxygen atoms in total. The van der Waals surface area contributed by atoms with Crippen LogP contribution in [0.4, 0.5) is 0 Å². The molecule has 15 heavy (non-hydrogen) atoms. The van der Waals surface area contributed by atoms with Crippen molar-refractivity contribution >= 4 is 0 Å². The monoisotopic (exact) mass is 201 g/mol. The maximum atomic E-state index is 9.28. The summed E-state index contributed by atoms with van der Waals surface area (Å²) < 4.78 is 0. The summed E-state index contributed by atoms with van der Waals surface area (Å²) in [7, 11) is 0. The highest BCUT2D eigenvalue weighted by molar-refractivity contribution is 5.28. The molecule has 0 amide bonds. The molecule has 0 N–H and O–H groups in total. The van der Waals surface area contributed by atoms with Crippen molar-refractivity contribution in [3.05, 3.63) is 35.4 Å². The van der Waals surface area contributed by atoms with Crippen LogP contribution in [0.1, 0.15) is 37.8 Å². The molecule has 0 aliphatic heterocycles. The summed E-state index contributed by atoms with van der Waals surface area (Å²) in [5, 5.41) is 9.28. The van der Waals surface area contributed by atoms with Crippen molar-refractivity contribution < 1.29 is 0 Å². The Kier molecular flexibility index (Phi) is 3.91. The van der Waals surface area contributed by atoms with Crippen LogP contribution in [0.15, 0.2) is 24.3 Å². The Labute approximate surface area is 92.7 Å². The maximum Gasteiger partial charge on any atom is 0.0693 e. The van der Waals surface area contributed by atoms with Crippen molar-refractivity contribution in [2.75, 3.05) is 0 Å². The summed E-state index contributed by atoms with van der Waals surface area (Å²) in [5.74, 6) is 0. The number of hydrogen-bond donors (Lipinski definition) is 0. The molecule has 0 aliphatic rings. The van der Waals surface area contributed by atoms with Gasteiger partial charge in [-0.1, -0.05) is 38.1 Å². The number of rotatable bonds is 4. The quantitative estimate of drug-likeness (QED) is 0.725. The van der Waals surface area contributed by atoms with Crippen LogP contribution in [0.2, 0.25) is 0 Å². The topological polar surface area (TPSA) is 23.8 Å². The summed E-state index contributed by atoms with van der Waals surface area (Å²) in [6.07, 6.45) is 2.73. The summed E-state index contributed by atoms with van der Waals surface area (Å²) in [6.45, 7) is 6.32. The minimum Gasteiger partial charge on any atom is -0.198 e. The fourth-order valence-corrected chi connectivity index (χ4v) is 1.87. The lowest BCUT2D eigenvalue weighted by Crippen LogP contribution is -2.20. The van der Waals surface area contributed by atoms with E-state index in [1.54, 1.807) is 0 Å². The van der Waals surface area contributed by atoms with Gasteiger partial charge in [0.1, 0.15) is 0 Å². The highest BCUT2D eigenvalue weighted by Crippen LogP contribution is 2.30. The zero-order chi connectivity index (χ0) is 11.3. The van der Waals surface area contributed by atoms with Gasteiger partial charge in [0, 0.05) is 0 Å². The van der Waals surface area contributed by atoms with Crippen LogP contribution in [-0.2, 0) is 6.42 Å². The maximum absolute atomic E-state index is 9.28. The van der Waals surface area contributed by atoms with E-state index in [4.69, 9.17) is 0 Å². The Balaban J connectivity index is 2.94. The van der Waals surface area contributed by atoms with E-state index in [-0.39, 0.29) is 5.41 Å². The zero-order valence-electron chi connectivity index (χ0n) is 9.88. The van der Waals surface area contributed by atoms with Gasteiger partial charge < -0.3 is 0 Å². The van der Waals surface area contributed by atoms with Crippen molar-refractivity contribution in [1.82, 2.24) is 0 Å². The Morgan fingerprint density at radius 3 is 2.27 bits per heavy atom. The highest BCUT2D eigenvalue weighted by atomic mass is 14.4. The van der Waals surface area contributed by atoms with E-state index < -0.39 is 0 Å². The Bertz CT molecular complexity index is 356. The second-order valence-corrected chi connectivity index (χ2v) is 4.20. The molecular weight excluding hydrogens is 182 g/mol. The van der Waals surface area contributed by atoms with Gasteiger partial charge in [-0.25, -0.2) is 0 Å². The van der Waals surface area contributed by atoms with Crippen molar-refractivity contribution in [1.29, 1.82) is 5.26 Å². The molecule has 0 bridgehead atoms. The SMILES string of the molecule is CCC(C#N)(CC)Cc1ccccc1C. The Morgan fingerprint density at radius 2 is 1.80 bits per heavy atom. The molecule has 0 spiro atoms. The van der Waals surface area contributed by atoms with E-state index in [0.717, 1.165) is 19.3 Å². The second-order valence-electron chi connectivity index (χ2n) is 4.20. The molecule has 1 heteroatoms. The van der Waals surface area contributed by atoms with E-state index in [1.807, 2.05) is 6.07 Å². The summed E-state index contributed by atoms with van der Waals surface area (Å²) in [4.78, 5) is 0. The van der Waals surface area contributed by atoms with E-state index in [0.29, 0.717) is 0 Å². The minimum absolute atomic E-state index is 0.174. The van der Waals surface area contributed by atoms with Gasteiger partial charge in [-0.05, 0) is 37.3 Å². The number of nitriles is 1. The van der Waals surface area contributed by atoms with Crippen molar-refractivity contribution in [2.45, 2.75) is 40.0 Å². The van der Waals surface area contributed by atoms with Crippen LogP contribution in [0.5, 0.6) is 0 Å². The fourth-order valence-electron chi connectivity index (χ4n) is 1.87. The van der Waals surface area contributed by atoms with Gasteiger partial charge in [-0.15, -0.1) is 0 Å². The molecule has 0 saturated carbocycles. The lowest BCUT2D eigenvalue weighted by molar-refractivity contribution is 0.363. The molecule has 1 rings (SSSR count). The normalized spacial score (nSPS) is 11.1. The molecular formula is C14H19N. The molecule has 0 saturated heterocycles. The van der Waals surface area contributed by atoms with Crippen molar-refractivity contribution in [3.63, 3.8) is 0 Å². The van der Waals surface area contributed by atoms with Gasteiger partial charge in [0.15, 0.2) is 0 Å². The third-order valence-electron chi connectivity index (χ3n) is 3.38. The van der Waals surface area contributed by atoms with Gasteiger partial charge in [0.25, 0.3) is 0 Å². The predicted molar refractivity (Wildman–Crippen MR) is 63.5 cm³/mol. The molecule has 80 valence electrons. The number of hydrogen-bond acceptors (Lipinski definition) is 1. The number of nitrogens with zero attached hydrogens (tertiary/aromatic N) is 1. The number of benzene rings is 1. The molecule has 1 aromatic rings. The minimum atomic E-state index is -0.174. The average molecular weight is 201 g/mol. The van der Waals surface area contributed by atoms with Crippen LogP contribution in [0, 0.1) is 23.7 Å². The highest BCUT2D eigenvalue weighted by Gasteiger charge is 2.26. The molecule has 0 unspecified atom stereocenters. The van der Waals surface area contributed by atoms with Crippen LogP contribution in [-0.4, -0.2) is 0 Å². The first-order valence-corrected chi connectivity index (χ1v) is 5.63. The molecule has 0 atom stereocenters. The van der Waals surface area contributed by atoms with Gasteiger partial charge in [0.05, 0.1) is 11.5 Å². The molecule has 0 heterocycles. The Morgan fingerprint density at radius 1 is 1.20 bits per heavy atom. The smallest absolute Gasteiger partial charge is 0.0693 e. The summed E-state index contributed by atoms with van der Waals surface area (Å²) in [6, 6.07) is 10.8. The molecule has 0 radical (unpaired) electrons.